The molecular weight excluding hydrogens is 164 g/mol. The van der Waals surface area contributed by atoms with E-state index in [2.05, 4.69) is 36.1 Å². The molecule has 0 unspecified atom stereocenters. The second-order valence-electron chi connectivity index (χ2n) is 3.95. The zero-order valence-corrected chi connectivity index (χ0v) is 8.33. The SMILES string of the molecule is CC(C)(C)Nc1nccc(CN)n1. The summed E-state index contributed by atoms with van der Waals surface area (Å²) in [7, 11) is 0. The van der Waals surface area contributed by atoms with Crippen LogP contribution in [0.1, 0.15) is 26.5 Å². The summed E-state index contributed by atoms with van der Waals surface area (Å²) in [5.41, 5.74) is 6.29. The Labute approximate surface area is 78.6 Å². The van der Waals surface area contributed by atoms with Crippen molar-refractivity contribution < 1.29 is 0 Å². The van der Waals surface area contributed by atoms with Crippen molar-refractivity contribution in [2.45, 2.75) is 32.9 Å². The number of nitrogens with one attached hydrogen (secondary N) is 1. The quantitative estimate of drug-likeness (QED) is 0.716. The molecule has 0 aliphatic rings. The minimum absolute atomic E-state index is 0.0206. The molecule has 1 heterocycles. The first-order valence-corrected chi connectivity index (χ1v) is 4.31. The zero-order valence-electron chi connectivity index (χ0n) is 8.33. The van der Waals surface area contributed by atoms with Gasteiger partial charge in [0.2, 0.25) is 5.95 Å². The maximum atomic E-state index is 5.46. The smallest absolute Gasteiger partial charge is 0.223 e. The first kappa shape index (κ1) is 9.92. The molecule has 0 spiro atoms. The number of hydrogen-bond acceptors (Lipinski definition) is 4. The van der Waals surface area contributed by atoms with Crippen LogP contribution < -0.4 is 11.1 Å². The molecule has 13 heavy (non-hydrogen) atoms. The van der Waals surface area contributed by atoms with Gasteiger partial charge in [-0.2, -0.15) is 0 Å². The van der Waals surface area contributed by atoms with E-state index in [4.69, 9.17) is 5.73 Å². The van der Waals surface area contributed by atoms with Crippen LogP contribution in [0.4, 0.5) is 5.95 Å². The summed E-state index contributed by atoms with van der Waals surface area (Å²) in [6.07, 6.45) is 1.71. The Kier molecular flexibility index (Phi) is 2.83. The summed E-state index contributed by atoms with van der Waals surface area (Å²) in [5, 5.41) is 3.18. The molecule has 0 aromatic carbocycles. The molecule has 4 nitrogen and oxygen atoms in total. The molecule has 4 heteroatoms. The Balaban J connectivity index is 2.78. The van der Waals surface area contributed by atoms with E-state index in [1.165, 1.54) is 0 Å². The fourth-order valence-corrected chi connectivity index (χ4v) is 0.905. The third-order valence-corrected chi connectivity index (χ3v) is 1.41. The van der Waals surface area contributed by atoms with Gasteiger partial charge >= 0.3 is 0 Å². The van der Waals surface area contributed by atoms with Gasteiger partial charge in [-0.25, -0.2) is 9.97 Å². The van der Waals surface area contributed by atoms with Gasteiger partial charge in [-0.1, -0.05) is 0 Å². The normalized spacial score (nSPS) is 11.4. The minimum atomic E-state index is -0.0206. The molecule has 1 aromatic rings. The molecule has 0 radical (unpaired) electrons. The second-order valence-corrected chi connectivity index (χ2v) is 3.95. The van der Waals surface area contributed by atoms with Gasteiger partial charge in [0.1, 0.15) is 0 Å². The van der Waals surface area contributed by atoms with Gasteiger partial charge in [0, 0.05) is 18.3 Å². The summed E-state index contributed by atoms with van der Waals surface area (Å²) >= 11 is 0. The van der Waals surface area contributed by atoms with E-state index in [9.17, 15) is 0 Å². The van der Waals surface area contributed by atoms with Gasteiger partial charge in [-0.05, 0) is 26.8 Å². The topological polar surface area (TPSA) is 63.8 Å². The number of rotatable bonds is 2. The average Bonchev–Trinajstić information content (AvgIpc) is 2.01. The van der Waals surface area contributed by atoms with Crippen molar-refractivity contribution >= 4 is 5.95 Å². The number of anilines is 1. The lowest BCUT2D eigenvalue weighted by Gasteiger charge is -2.20. The fourth-order valence-electron chi connectivity index (χ4n) is 0.905. The Morgan fingerprint density at radius 3 is 2.69 bits per heavy atom. The molecule has 0 bridgehead atoms. The predicted molar refractivity (Wildman–Crippen MR) is 53.3 cm³/mol. The average molecular weight is 180 g/mol. The molecule has 0 saturated carbocycles. The Bertz CT molecular complexity index is 277. The lowest BCUT2D eigenvalue weighted by molar-refractivity contribution is 0.625. The van der Waals surface area contributed by atoms with Gasteiger partial charge < -0.3 is 11.1 Å². The van der Waals surface area contributed by atoms with Gasteiger partial charge in [-0.3, -0.25) is 0 Å². The molecule has 72 valence electrons. The third kappa shape index (κ3) is 3.38. The molecule has 0 saturated heterocycles. The zero-order chi connectivity index (χ0) is 9.90. The lowest BCUT2D eigenvalue weighted by Crippen LogP contribution is -2.27. The van der Waals surface area contributed by atoms with E-state index >= 15 is 0 Å². The van der Waals surface area contributed by atoms with Crippen molar-refractivity contribution in [1.82, 2.24) is 9.97 Å². The molecule has 0 aliphatic heterocycles. The maximum Gasteiger partial charge on any atom is 0.223 e. The van der Waals surface area contributed by atoms with Crippen molar-refractivity contribution in [1.29, 1.82) is 0 Å². The van der Waals surface area contributed by atoms with Crippen LogP contribution in [0.5, 0.6) is 0 Å². The first-order chi connectivity index (χ1) is 6.01. The van der Waals surface area contributed by atoms with E-state index < -0.39 is 0 Å². The van der Waals surface area contributed by atoms with Gasteiger partial charge in [-0.15, -0.1) is 0 Å². The summed E-state index contributed by atoms with van der Waals surface area (Å²) in [6.45, 7) is 6.63. The van der Waals surface area contributed by atoms with E-state index in [1.807, 2.05) is 6.07 Å². The molecule has 0 amide bonds. The van der Waals surface area contributed by atoms with Crippen LogP contribution in [0.25, 0.3) is 0 Å². The highest BCUT2D eigenvalue weighted by Gasteiger charge is 2.10. The van der Waals surface area contributed by atoms with Crippen LogP contribution in [0.2, 0.25) is 0 Å². The van der Waals surface area contributed by atoms with Crippen LogP contribution in [0, 0.1) is 0 Å². The summed E-state index contributed by atoms with van der Waals surface area (Å²) < 4.78 is 0. The minimum Gasteiger partial charge on any atom is -0.350 e. The van der Waals surface area contributed by atoms with Crippen molar-refractivity contribution in [3.8, 4) is 0 Å². The molecule has 1 aromatic heterocycles. The molecule has 0 fully saturated rings. The van der Waals surface area contributed by atoms with Crippen molar-refractivity contribution in [2.75, 3.05) is 5.32 Å². The molecule has 3 N–H and O–H groups in total. The highest BCUT2D eigenvalue weighted by molar-refractivity contribution is 5.28. The Hall–Kier alpha value is -1.16. The molecular formula is C9H16N4. The summed E-state index contributed by atoms with van der Waals surface area (Å²) in [5.74, 6) is 0.635. The fraction of sp³-hybridized carbons (Fsp3) is 0.556. The van der Waals surface area contributed by atoms with Crippen LogP contribution in [-0.2, 0) is 6.54 Å². The Morgan fingerprint density at radius 2 is 2.15 bits per heavy atom. The second kappa shape index (κ2) is 3.70. The predicted octanol–water partition coefficient (Wildman–Crippen LogP) is 1.15. The van der Waals surface area contributed by atoms with Gasteiger partial charge in [0.05, 0.1) is 5.69 Å². The lowest BCUT2D eigenvalue weighted by atomic mass is 10.1. The van der Waals surface area contributed by atoms with Crippen LogP contribution in [-0.4, -0.2) is 15.5 Å². The summed E-state index contributed by atoms with van der Waals surface area (Å²) in [4.78, 5) is 8.32. The number of nitrogens with two attached hydrogens (primary N) is 1. The molecule has 1 rings (SSSR count). The monoisotopic (exact) mass is 180 g/mol. The van der Waals surface area contributed by atoms with Crippen molar-refractivity contribution in [3.63, 3.8) is 0 Å². The van der Waals surface area contributed by atoms with E-state index in [1.54, 1.807) is 6.20 Å². The molecule has 0 aliphatic carbocycles. The van der Waals surface area contributed by atoms with Crippen LogP contribution in [0.3, 0.4) is 0 Å². The maximum absolute atomic E-state index is 5.46. The van der Waals surface area contributed by atoms with Crippen LogP contribution >= 0.6 is 0 Å². The number of nitrogens with zero attached hydrogens (tertiary/aromatic N) is 2. The van der Waals surface area contributed by atoms with Gasteiger partial charge in [0.15, 0.2) is 0 Å². The number of hydrogen-bond donors (Lipinski definition) is 2. The highest BCUT2D eigenvalue weighted by Crippen LogP contribution is 2.08. The first-order valence-electron chi connectivity index (χ1n) is 4.31. The van der Waals surface area contributed by atoms with Crippen LogP contribution in [0.15, 0.2) is 12.3 Å². The largest absolute Gasteiger partial charge is 0.350 e. The van der Waals surface area contributed by atoms with Gasteiger partial charge in [0.25, 0.3) is 0 Å². The third-order valence-electron chi connectivity index (χ3n) is 1.41. The van der Waals surface area contributed by atoms with Crippen molar-refractivity contribution in [2.24, 2.45) is 5.73 Å². The number of aromatic nitrogens is 2. The van der Waals surface area contributed by atoms with E-state index in [0.717, 1.165) is 5.69 Å². The summed E-state index contributed by atoms with van der Waals surface area (Å²) in [6, 6.07) is 1.81. The Morgan fingerprint density at radius 1 is 1.46 bits per heavy atom. The van der Waals surface area contributed by atoms with E-state index in [-0.39, 0.29) is 5.54 Å². The molecule has 0 atom stereocenters. The standard InChI is InChI=1S/C9H16N4/c1-9(2,3)13-8-11-5-4-7(6-10)12-8/h4-5H,6,10H2,1-3H3,(H,11,12,13). The van der Waals surface area contributed by atoms with E-state index in [0.29, 0.717) is 12.5 Å². The highest BCUT2D eigenvalue weighted by atomic mass is 15.1. The van der Waals surface area contributed by atoms with Crippen molar-refractivity contribution in [3.05, 3.63) is 18.0 Å².